The van der Waals surface area contributed by atoms with Crippen molar-refractivity contribution >= 4 is 5.91 Å². The van der Waals surface area contributed by atoms with Crippen LogP contribution in [-0.2, 0) is 22.6 Å². The SMILES string of the molecule is CC(C)c1ccccc1O[C@@H](C)C(=O)NCc1ccc(CN2CCOCC2)cc1. The molecule has 0 radical (unpaired) electrons. The Morgan fingerprint density at radius 3 is 2.38 bits per heavy atom. The number of morpholine rings is 1. The van der Waals surface area contributed by atoms with Crippen molar-refractivity contribution in [2.75, 3.05) is 26.3 Å². The Kier molecular flexibility index (Phi) is 7.67. The lowest BCUT2D eigenvalue weighted by Gasteiger charge is -2.26. The normalized spacial score (nSPS) is 15.9. The minimum absolute atomic E-state index is 0.110. The Bertz CT molecular complexity index is 783. The fraction of sp³-hybridized carbons (Fsp3) is 0.458. The first-order valence-corrected chi connectivity index (χ1v) is 10.4. The number of hydrogen-bond donors (Lipinski definition) is 1. The van der Waals surface area contributed by atoms with E-state index < -0.39 is 6.10 Å². The Labute approximate surface area is 174 Å². The molecule has 29 heavy (non-hydrogen) atoms. The van der Waals surface area contributed by atoms with Gasteiger partial charge in [0.15, 0.2) is 6.10 Å². The monoisotopic (exact) mass is 396 g/mol. The van der Waals surface area contributed by atoms with E-state index >= 15 is 0 Å². The first-order valence-electron chi connectivity index (χ1n) is 10.4. The van der Waals surface area contributed by atoms with Crippen LogP contribution in [0.5, 0.6) is 5.75 Å². The van der Waals surface area contributed by atoms with Gasteiger partial charge in [-0.1, -0.05) is 56.3 Å². The van der Waals surface area contributed by atoms with Crippen molar-refractivity contribution in [3.05, 3.63) is 65.2 Å². The maximum Gasteiger partial charge on any atom is 0.261 e. The van der Waals surface area contributed by atoms with E-state index in [9.17, 15) is 4.79 Å². The van der Waals surface area contributed by atoms with Crippen molar-refractivity contribution in [1.82, 2.24) is 10.2 Å². The maximum absolute atomic E-state index is 12.5. The zero-order chi connectivity index (χ0) is 20.6. The third-order valence-electron chi connectivity index (χ3n) is 5.21. The molecule has 2 aromatic carbocycles. The van der Waals surface area contributed by atoms with E-state index in [1.54, 1.807) is 6.92 Å². The Hall–Kier alpha value is -2.37. The molecule has 0 bridgehead atoms. The van der Waals surface area contributed by atoms with Gasteiger partial charge in [-0.25, -0.2) is 0 Å². The highest BCUT2D eigenvalue weighted by Gasteiger charge is 2.17. The highest BCUT2D eigenvalue weighted by atomic mass is 16.5. The number of rotatable bonds is 8. The highest BCUT2D eigenvalue weighted by molar-refractivity contribution is 5.80. The summed E-state index contributed by atoms with van der Waals surface area (Å²) in [6.45, 7) is 11.1. The van der Waals surface area contributed by atoms with Crippen molar-refractivity contribution in [3.8, 4) is 5.75 Å². The van der Waals surface area contributed by atoms with Gasteiger partial charge in [0.05, 0.1) is 13.2 Å². The number of nitrogens with one attached hydrogen (secondary N) is 1. The van der Waals surface area contributed by atoms with Crippen molar-refractivity contribution in [2.24, 2.45) is 0 Å². The molecule has 0 aromatic heterocycles. The van der Waals surface area contributed by atoms with E-state index in [1.165, 1.54) is 5.56 Å². The molecule has 1 aliphatic rings. The van der Waals surface area contributed by atoms with Gasteiger partial charge in [0.2, 0.25) is 0 Å². The van der Waals surface area contributed by atoms with Gasteiger partial charge in [-0.2, -0.15) is 0 Å². The fourth-order valence-corrected chi connectivity index (χ4v) is 3.42. The summed E-state index contributed by atoms with van der Waals surface area (Å²) >= 11 is 0. The summed E-state index contributed by atoms with van der Waals surface area (Å²) in [4.78, 5) is 14.9. The number of ether oxygens (including phenoxy) is 2. The molecule has 3 rings (SSSR count). The third kappa shape index (κ3) is 6.31. The molecule has 1 fully saturated rings. The second kappa shape index (κ2) is 10.4. The van der Waals surface area contributed by atoms with Crippen LogP contribution < -0.4 is 10.1 Å². The topological polar surface area (TPSA) is 50.8 Å². The van der Waals surface area contributed by atoms with Gasteiger partial charge in [-0.15, -0.1) is 0 Å². The molecule has 1 amide bonds. The molecule has 5 heteroatoms. The smallest absolute Gasteiger partial charge is 0.261 e. The molecule has 0 spiro atoms. The highest BCUT2D eigenvalue weighted by Crippen LogP contribution is 2.26. The maximum atomic E-state index is 12.5. The average molecular weight is 397 g/mol. The Morgan fingerprint density at radius 2 is 1.69 bits per heavy atom. The van der Waals surface area contributed by atoms with Crippen LogP contribution in [0.15, 0.2) is 48.5 Å². The van der Waals surface area contributed by atoms with Crippen molar-refractivity contribution in [3.63, 3.8) is 0 Å². The second-order valence-corrected chi connectivity index (χ2v) is 7.88. The van der Waals surface area contributed by atoms with E-state index in [1.807, 2.05) is 24.3 Å². The summed E-state index contributed by atoms with van der Waals surface area (Å²) in [5.41, 5.74) is 3.48. The summed E-state index contributed by atoms with van der Waals surface area (Å²) < 4.78 is 11.3. The number of carbonyl (C=O) groups excluding carboxylic acids is 1. The third-order valence-corrected chi connectivity index (χ3v) is 5.21. The zero-order valence-corrected chi connectivity index (χ0v) is 17.7. The minimum atomic E-state index is -0.546. The lowest BCUT2D eigenvalue weighted by molar-refractivity contribution is -0.127. The first kappa shape index (κ1) is 21.3. The van der Waals surface area contributed by atoms with Gasteiger partial charge in [0, 0.05) is 26.2 Å². The Morgan fingerprint density at radius 1 is 1.03 bits per heavy atom. The van der Waals surface area contributed by atoms with Crippen molar-refractivity contribution in [2.45, 2.75) is 45.9 Å². The van der Waals surface area contributed by atoms with Gasteiger partial charge < -0.3 is 14.8 Å². The van der Waals surface area contributed by atoms with Crippen LogP contribution in [0.1, 0.15) is 43.4 Å². The molecule has 156 valence electrons. The van der Waals surface area contributed by atoms with Crippen molar-refractivity contribution < 1.29 is 14.3 Å². The van der Waals surface area contributed by atoms with Gasteiger partial charge in [-0.3, -0.25) is 9.69 Å². The quantitative estimate of drug-likeness (QED) is 0.739. The van der Waals surface area contributed by atoms with E-state index in [4.69, 9.17) is 9.47 Å². The summed E-state index contributed by atoms with van der Waals surface area (Å²) in [5.74, 6) is 1.01. The number of benzene rings is 2. The molecule has 1 saturated heterocycles. The molecular formula is C24H32N2O3. The van der Waals surface area contributed by atoms with Crippen molar-refractivity contribution in [1.29, 1.82) is 0 Å². The summed E-state index contributed by atoms with van der Waals surface area (Å²) in [6, 6.07) is 16.3. The van der Waals surface area contributed by atoms with Gasteiger partial charge in [0.1, 0.15) is 5.75 Å². The predicted molar refractivity (Wildman–Crippen MR) is 115 cm³/mol. The van der Waals surface area contributed by atoms with Crippen LogP contribution in [0.25, 0.3) is 0 Å². The molecule has 1 aliphatic heterocycles. The molecule has 0 saturated carbocycles. The number of nitrogens with zero attached hydrogens (tertiary/aromatic N) is 1. The fourth-order valence-electron chi connectivity index (χ4n) is 3.42. The first-order chi connectivity index (χ1) is 14.0. The van der Waals surface area contributed by atoms with E-state index in [-0.39, 0.29) is 5.91 Å². The largest absolute Gasteiger partial charge is 0.481 e. The number of carbonyl (C=O) groups is 1. The van der Waals surface area contributed by atoms with Gasteiger partial charge in [-0.05, 0) is 35.6 Å². The van der Waals surface area contributed by atoms with Crippen LogP contribution >= 0.6 is 0 Å². The molecule has 2 aromatic rings. The van der Waals surface area contributed by atoms with Crippen LogP contribution in [-0.4, -0.2) is 43.2 Å². The summed E-state index contributed by atoms with van der Waals surface area (Å²) in [6.07, 6.45) is -0.546. The molecule has 1 heterocycles. The zero-order valence-electron chi connectivity index (χ0n) is 17.7. The van der Waals surface area contributed by atoms with E-state index in [2.05, 4.69) is 48.3 Å². The summed E-state index contributed by atoms with van der Waals surface area (Å²) in [7, 11) is 0. The van der Waals surface area contributed by atoms with E-state index in [0.29, 0.717) is 12.5 Å². The molecule has 1 atom stereocenters. The molecule has 0 aliphatic carbocycles. The standard InChI is InChI=1S/C24H32N2O3/c1-18(2)22-6-4-5-7-23(22)29-19(3)24(27)25-16-20-8-10-21(11-9-20)17-26-12-14-28-15-13-26/h4-11,18-19H,12-17H2,1-3H3,(H,25,27)/t19-/m0/s1. The molecule has 5 nitrogen and oxygen atoms in total. The van der Waals surface area contributed by atoms with E-state index in [0.717, 1.165) is 49.7 Å². The lowest BCUT2D eigenvalue weighted by Crippen LogP contribution is -2.36. The predicted octanol–water partition coefficient (Wildman–Crippen LogP) is 3.73. The summed E-state index contributed by atoms with van der Waals surface area (Å²) in [5, 5.41) is 2.98. The van der Waals surface area contributed by atoms with Gasteiger partial charge >= 0.3 is 0 Å². The number of amides is 1. The number of hydrogen-bond acceptors (Lipinski definition) is 4. The second-order valence-electron chi connectivity index (χ2n) is 7.88. The minimum Gasteiger partial charge on any atom is -0.481 e. The average Bonchev–Trinajstić information content (AvgIpc) is 2.74. The number of para-hydroxylation sites is 1. The van der Waals surface area contributed by atoms with Crippen LogP contribution in [0.4, 0.5) is 0 Å². The molecule has 0 unspecified atom stereocenters. The van der Waals surface area contributed by atoms with Gasteiger partial charge in [0.25, 0.3) is 5.91 Å². The van der Waals surface area contributed by atoms with Crippen LogP contribution in [0.3, 0.4) is 0 Å². The lowest BCUT2D eigenvalue weighted by atomic mass is 10.0. The molecular weight excluding hydrogens is 364 g/mol. The van der Waals surface area contributed by atoms with Crippen LogP contribution in [0, 0.1) is 0 Å². The Balaban J connectivity index is 1.48. The molecule has 1 N–H and O–H groups in total. The van der Waals surface area contributed by atoms with Crippen LogP contribution in [0.2, 0.25) is 0 Å².